The lowest BCUT2D eigenvalue weighted by Crippen LogP contribution is -2.31. The minimum absolute atomic E-state index is 0.569. The summed E-state index contributed by atoms with van der Waals surface area (Å²) >= 11 is 0. The molecule has 1 atom stereocenters. The second kappa shape index (κ2) is 5.02. The minimum atomic E-state index is 0.569. The van der Waals surface area contributed by atoms with Crippen molar-refractivity contribution in [3.05, 3.63) is 23.4 Å². The average Bonchev–Trinajstić information content (AvgIpc) is 2.78. The maximum atomic E-state index is 5.66. The lowest BCUT2D eigenvalue weighted by atomic mass is 10.2. The first-order chi connectivity index (χ1) is 8.11. The average molecular weight is 234 g/mol. The van der Waals surface area contributed by atoms with Crippen molar-refractivity contribution < 1.29 is 0 Å². The van der Waals surface area contributed by atoms with Gasteiger partial charge in [-0.05, 0) is 39.1 Å². The molecule has 1 aliphatic heterocycles. The van der Waals surface area contributed by atoms with Crippen molar-refractivity contribution in [3.63, 3.8) is 0 Å². The molecule has 0 bridgehead atoms. The number of aromatic nitrogens is 1. The van der Waals surface area contributed by atoms with Crippen molar-refractivity contribution in [2.24, 2.45) is 5.73 Å². The summed E-state index contributed by atoms with van der Waals surface area (Å²) in [6, 6.07) is 4.83. The van der Waals surface area contributed by atoms with E-state index in [2.05, 4.69) is 41.0 Å². The predicted molar refractivity (Wildman–Crippen MR) is 71.2 cm³/mol. The van der Waals surface area contributed by atoms with Crippen molar-refractivity contribution in [1.82, 2.24) is 9.88 Å². The quantitative estimate of drug-likeness (QED) is 0.847. The smallest absolute Gasteiger partial charge is 0.128 e. The predicted octanol–water partition coefficient (Wildman–Crippen LogP) is 0.989. The second-order valence-corrected chi connectivity index (χ2v) is 4.97. The van der Waals surface area contributed by atoms with Gasteiger partial charge in [0, 0.05) is 31.4 Å². The molecule has 0 aliphatic carbocycles. The number of hydrogen-bond acceptors (Lipinski definition) is 4. The van der Waals surface area contributed by atoms with Crippen LogP contribution in [0.4, 0.5) is 5.82 Å². The molecular weight excluding hydrogens is 212 g/mol. The van der Waals surface area contributed by atoms with E-state index >= 15 is 0 Å². The first-order valence-electron chi connectivity index (χ1n) is 6.19. The van der Waals surface area contributed by atoms with E-state index in [-0.39, 0.29) is 0 Å². The first kappa shape index (κ1) is 12.3. The molecule has 94 valence electrons. The summed E-state index contributed by atoms with van der Waals surface area (Å²) in [4.78, 5) is 9.30. The van der Waals surface area contributed by atoms with Crippen LogP contribution in [-0.2, 0) is 6.54 Å². The van der Waals surface area contributed by atoms with Gasteiger partial charge in [0.1, 0.15) is 5.82 Å². The normalized spacial score (nSPS) is 20.3. The van der Waals surface area contributed by atoms with Gasteiger partial charge in [-0.2, -0.15) is 0 Å². The van der Waals surface area contributed by atoms with Gasteiger partial charge in [0.2, 0.25) is 0 Å². The van der Waals surface area contributed by atoms with Crippen LogP contribution >= 0.6 is 0 Å². The number of likely N-dealkylation sites (N-methyl/N-ethyl adjacent to an activating group) is 1. The fourth-order valence-corrected chi connectivity index (χ4v) is 2.34. The van der Waals surface area contributed by atoms with Crippen molar-refractivity contribution in [3.8, 4) is 0 Å². The molecule has 4 nitrogen and oxygen atoms in total. The molecule has 4 heteroatoms. The van der Waals surface area contributed by atoms with Gasteiger partial charge in [0.25, 0.3) is 0 Å². The third-order valence-electron chi connectivity index (χ3n) is 3.62. The van der Waals surface area contributed by atoms with Gasteiger partial charge >= 0.3 is 0 Å². The zero-order chi connectivity index (χ0) is 12.4. The van der Waals surface area contributed by atoms with Gasteiger partial charge < -0.3 is 15.5 Å². The largest absolute Gasteiger partial charge is 0.355 e. The Morgan fingerprint density at radius 1 is 1.47 bits per heavy atom. The van der Waals surface area contributed by atoms with Crippen LogP contribution in [0.25, 0.3) is 0 Å². The van der Waals surface area contributed by atoms with Crippen molar-refractivity contribution in [2.75, 3.05) is 32.1 Å². The lowest BCUT2D eigenvalue weighted by molar-refractivity contribution is 0.315. The summed E-state index contributed by atoms with van der Waals surface area (Å²) in [5.74, 6) is 1.09. The second-order valence-electron chi connectivity index (χ2n) is 4.97. The molecule has 1 saturated heterocycles. The van der Waals surface area contributed by atoms with E-state index < -0.39 is 0 Å². The zero-order valence-corrected chi connectivity index (χ0v) is 11.0. The Labute approximate surface area is 103 Å². The molecule has 0 amide bonds. The van der Waals surface area contributed by atoms with E-state index in [4.69, 9.17) is 5.73 Å². The zero-order valence-electron chi connectivity index (χ0n) is 11.0. The summed E-state index contributed by atoms with van der Waals surface area (Å²) < 4.78 is 0. The van der Waals surface area contributed by atoms with E-state index in [0.29, 0.717) is 12.6 Å². The molecule has 1 fully saturated rings. The molecule has 17 heavy (non-hydrogen) atoms. The fourth-order valence-electron chi connectivity index (χ4n) is 2.34. The molecule has 1 aromatic heterocycles. The first-order valence-corrected chi connectivity index (χ1v) is 6.19. The number of pyridine rings is 1. The number of aryl methyl sites for hydroxylation is 1. The highest BCUT2D eigenvalue weighted by atomic mass is 15.3. The highest BCUT2D eigenvalue weighted by molar-refractivity contribution is 5.43. The molecule has 0 aromatic carbocycles. The Morgan fingerprint density at radius 3 is 2.76 bits per heavy atom. The van der Waals surface area contributed by atoms with Crippen LogP contribution in [0.15, 0.2) is 12.1 Å². The summed E-state index contributed by atoms with van der Waals surface area (Å²) in [6.45, 7) is 4.77. The maximum Gasteiger partial charge on any atom is 0.128 e. The maximum absolute atomic E-state index is 5.66. The standard InChI is InChI=1S/C13H22N4/c1-10-11(8-14)4-5-13(15-10)17-7-6-12(9-17)16(2)3/h4-5,12H,6-9,14H2,1-3H3. The van der Waals surface area contributed by atoms with E-state index in [1.165, 1.54) is 6.42 Å². The van der Waals surface area contributed by atoms with Gasteiger partial charge in [-0.15, -0.1) is 0 Å². The minimum Gasteiger partial charge on any atom is -0.355 e. The SMILES string of the molecule is Cc1nc(N2CCC(N(C)C)C2)ccc1CN. The van der Waals surface area contributed by atoms with Crippen LogP contribution in [-0.4, -0.2) is 43.1 Å². The van der Waals surface area contributed by atoms with Crippen LogP contribution in [0.5, 0.6) is 0 Å². The molecule has 0 radical (unpaired) electrons. The van der Waals surface area contributed by atoms with Crippen LogP contribution < -0.4 is 10.6 Å². The third-order valence-corrected chi connectivity index (χ3v) is 3.62. The molecule has 2 rings (SSSR count). The van der Waals surface area contributed by atoms with Crippen molar-refractivity contribution >= 4 is 5.82 Å². The van der Waals surface area contributed by atoms with E-state index in [1.54, 1.807) is 0 Å². The summed E-state index contributed by atoms with van der Waals surface area (Å²) in [7, 11) is 4.29. The lowest BCUT2D eigenvalue weighted by Gasteiger charge is -2.21. The number of hydrogen-bond donors (Lipinski definition) is 1. The molecule has 0 saturated carbocycles. The van der Waals surface area contributed by atoms with Gasteiger partial charge in [-0.3, -0.25) is 0 Å². The Bertz CT molecular complexity index is 389. The van der Waals surface area contributed by atoms with Gasteiger partial charge in [-0.25, -0.2) is 4.98 Å². The number of anilines is 1. The van der Waals surface area contributed by atoms with E-state index in [0.717, 1.165) is 30.2 Å². The van der Waals surface area contributed by atoms with Crippen LogP contribution in [0, 0.1) is 6.92 Å². The summed E-state index contributed by atoms with van der Waals surface area (Å²) in [5.41, 5.74) is 7.85. The van der Waals surface area contributed by atoms with Gasteiger partial charge in [0.05, 0.1) is 0 Å². The Kier molecular flexibility index (Phi) is 3.64. The monoisotopic (exact) mass is 234 g/mol. The fraction of sp³-hybridized carbons (Fsp3) is 0.615. The third kappa shape index (κ3) is 2.58. The van der Waals surface area contributed by atoms with Crippen LogP contribution in [0.2, 0.25) is 0 Å². The van der Waals surface area contributed by atoms with Crippen molar-refractivity contribution in [1.29, 1.82) is 0 Å². The number of nitrogens with two attached hydrogens (primary N) is 1. The molecular formula is C13H22N4. The molecule has 1 unspecified atom stereocenters. The molecule has 2 heterocycles. The van der Waals surface area contributed by atoms with Gasteiger partial charge in [-0.1, -0.05) is 6.07 Å². The van der Waals surface area contributed by atoms with Crippen LogP contribution in [0.1, 0.15) is 17.7 Å². The summed E-state index contributed by atoms with van der Waals surface area (Å²) in [5, 5.41) is 0. The topological polar surface area (TPSA) is 45.4 Å². The Morgan fingerprint density at radius 2 is 2.24 bits per heavy atom. The summed E-state index contributed by atoms with van der Waals surface area (Å²) in [6.07, 6.45) is 1.21. The number of rotatable bonds is 3. The Balaban J connectivity index is 2.11. The highest BCUT2D eigenvalue weighted by Crippen LogP contribution is 2.21. The van der Waals surface area contributed by atoms with E-state index in [1.807, 2.05) is 6.92 Å². The molecule has 0 spiro atoms. The molecule has 1 aliphatic rings. The van der Waals surface area contributed by atoms with E-state index in [9.17, 15) is 0 Å². The number of nitrogens with zero attached hydrogens (tertiary/aromatic N) is 3. The van der Waals surface area contributed by atoms with Crippen molar-refractivity contribution in [2.45, 2.75) is 25.9 Å². The highest BCUT2D eigenvalue weighted by Gasteiger charge is 2.24. The molecule has 2 N–H and O–H groups in total. The molecule has 1 aromatic rings. The van der Waals surface area contributed by atoms with Crippen LogP contribution in [0.3, 0.4) is 0 Å². The van der Waals surface area contributed by atoms with Gasteiger partial charge in [0.15, 0.2) is 0 Å². The Hall–Kier alpha value is -1.13.